The molecule has 0 spiro atoms. The van der Waals surface area contributed by atoms with Crippen molar-refractivity contribution in [3.05, 3.63) is 59.7 Å². The van der Waals surface area contributed by atoms with Crippen LogP contribution < -0.4 is 0 Å². The highest BCUT2D eigenvalue weighted by Crippen LogP contribution is 2.33. The molecule has 1 atom stereocenters. The van der Waals surface area contributed by atoms with Crippen molar-refractivity contribution in [2.24, 2.45) is 0 Å². The first-order valence-corrected chi connectivity index (χ1v) is 10.5. The van der Waals surface area contributed by atoms with E-state index in [1.165, 1.54) is 0 Å². The van der Waals surface area contributed by atoms with Gasteiger partial charge in [0.05, 0.1) is 11.9 Å². The Balaban J connectivity index is 1.57. The molecule has 4 rings (SSSR count). The molecule has 3 heterocycles. The Kier molecular flexibility index (Phi) is 5.51. The lowest BCUT2D eigenvalue weighted by Gasteiger charge is -2.32. The molecular formula is C23H29N5O. The van der Waals surface area contributed by atoms with Gasteiger partial charge in [-0.05, 0) is 37.3 Å². The van der Waals surface area contributed by atoms with E-state index in [-0.39, 0.29) is 11.8 Å². The zero-order valence-corrected chi connectivity index (χ0v) is 17.4. The number of aryl methyl sites for hydroxylation is 1. The molecule has 3 aromatic rings. The van der Waals surface area contributed by atoms with Crippen LogP contribution in [-0.4, -0.2) is 43.9 Å². The summed E-state index contributed by atoms with van der Waals surface area (Å²) >= 11 is 0. The molecule has 0 aliphatic carbocycles. The highest BCUT2D eigenvalue weighted by Gasteiger charge is 2.30. The van der Waals surface area contributed by atoms with E-state index in [2.05, 4.69) is 41.3 Å². The minimum Gasteiger partial charge on any atom is -0.337 e. The van der Waals surface area contributed by atoms with E-state index in [0.717, 1.165) is 41.9 Å². The zero-order chi connectivity index (χ0) is 20.4. The van der Waals surface area contributed by atoms with Crippen molar-refractivity contribution in [3.8, 4) is 11.1 Å². The first-order chi connectivity index (χ1) is 14.1. The summed E-state index contributed by atoms with van der Waals surface area (Å²) in [7, 11) is 0. The molecular weight excluding hydrogens is 362 g/mol. The number of nitrogens with one attached hydrogen (secondary N) is 1. The van der Waals surface area contributed by atoms with Crippen LogP contribution in [0.15, 0.2) is 42.6 Å². The minimum absolute atomic E-state index is 0.0803. The van der Waals surface area contributed by atoms with Crippen molar-refractivity contribution < 1.29 is 4.79 Å². The van der Waals surface area contributed by atoms with Crippen LogP contribution in [0.4, 0.5) is 0 Å². The molecule has 29 heavy (non-hydrogen) atoms. The van der Waals surface area contributed by atoms with E-state index in [1.807, 2.05) is 47.0 Å². The Morgan fingerprint density at radius 3 is 2.79 bits per heavy atom. The van der Waals surface area contributed by atoms with Crippen LogP contribution >= 0.6 is 0 Å². The highest BCUT2D eigenvalue weighted by molar-refractivity contribution is 5.93. The normalized spacial score (nSPS) is 17.1. The van der Waals surface area contributed by atoms with Gasteiger partial charge in [-0.2, -0.15) is 10.2 Å². The number of carbonyl (C=O) groups excluding carboxylic acids is 1. The van der Waals surface area contributed by atoms with Crippen LogP contribution in [0.1, 0.15) is 67.3 Å². The average Bonchev–Trinajstić information content (AvgIpc) is 3.41. The lowest BCUT2D eigenvalue weighted by molar-refractivity contribution is 0.0693. The number of hydrogen-bond acceptors (Lipinski definition) is 3. The van der Waals surface area contributed by atoms with Crippen LogP contribution in [0.25, 0.3) is 11.1 Å². The van der Waals surface area contributed by atoms with Gasteiger partial charge in [0.1, 0.15) is 5.69 Å². The number of amides is 1. The molecule has 1 saturated heterocycles. The number of likely N-dealkylation sites (tertiary alicyclic amines) is 1. The monoisotopic (exact) mass is 391 g/mol. The van der Waals surface area contributed by atoms with Gasteiger partial charge in [0.25, 0.3) is 5.91 Å². The molecule has 0 saturated carbocycles. The van der Waals surface area contributed by atoms with Gasteiger partial charge in [0.2, 0.25) is 0 Å². The van der Waals surface area contributed by atoms with Crippen molar-refractivity contribution in [1.82, 2.24) is 24.9 Å². The Labute approximate surface area is 171 Å². The van der Waals surface area contributed by atoms with Gasteiger partial charge in [0, 0.05) is 36.8 Å². The second-order valence-electron chi connectivity index (χ2n) is 8.08. The molecule has 0 radical (unpaired) electrons. The third kappa shape index (κ3) is 3.84. The average molecular weight is 392 g/mol. The summed E-state index contributed by atoms with van der Waals surface area (Å²) in [6.45, 7) is 8.43. The van der Waals surface area contributed by atoms with Gasteiger partial charge >= 0.3 is 0 Å². The Bertz CT molecular complexity index is 972. The maximum absolute atomic E-state index is 13.3. The quantitative estimate of drug-likeness (QED) is 0.699. The fourth-order valence-corrected chi connectivity index (χ4v) is 4.15. The molecule has 1 amide bonds. The fourth-order valence-electron chi connectivity index (χ4n) is 4.15. The number of benzene rings is 1. The van der Waals surface area contributed by atoms with E-state index in [1.54, 1.807) is 0 Å². The molecule has 2 aromatic heterocycles. The molecule has 1 N–H and O–H groups in total. The molecule has 6 nitrogen and oxygen atoms in total. The SMILES string of the molecule is CCn1nc(C(C)C)cc1C(=O)N1CCCC(c2[nH]ncc2-c2ccccc2)C1. The first kappa shape index (κ1) is 19.4. The summed E-state index contributed by atoms with van der Waals surface area (Å²) in [5.74, 6) is 0.645. The summed E-state index contributed by atoms with van der Waals surface area (Å²) in [6, 6.07) is 12.3. The van der Waals surface area contributed by atoms with E-state index in [4.69, 9.17) is 0 Å². The highest BCUT2D eigenvalue weighted by atomic mass is 16.2. The first-order valence-electron chi connectivity index (χ1n) is 10.5. The number of aromatic nitrogens is 4. The fraction of sp³-hybridized carbons (Fsp3) is 0.435. The third-order valence-corrected chi connectivity index (χ3v) is 5.78. The molecule has 1 aromatic carbocycles. The van der Waals surface area contributed by atoms with Crippen LogP contribution in [0.3, 0.4) is 0 Å². The zero-order valence-electron chi connectivity index (χ0n) is 17.4. The number of rotatable bonds is 5. The summed E-state index contributed by atoms with van der Waals surface area (Å²) < 4.78 is 1.84. The van der Waals surface area contributed by atoms with E-state index >= 15 is 0 Å². The number of H-pyrrole nitrogens is 1. The van der Waals surface area contributed by atoms with E-state index in [9.17, 15) is 4.79 Å². The standard InChI is InChI=1S/C23H29N5O/c1-4-28-21(13-20(26-28)16(2)3)23(29)27-12-8-11-18(15-27)22-19(14-24-25-22)17-9-6-5-7-10-17/h5-7,9-10,13-14,16,18H,4,8,11-12,15H2,1-3H3,(H,24,25). The third-order valence-electron chi connectivity index (χ3n) is 5.78. The maximum atomic E-state index is 13.3. The van der Waals surface area contributed by atoms with Crippen molar-refractivity contribution >= 4 is 5.91 Å². The molecule has 1 unspecified atom stereocenters. The number of piperidine rings is 1. The van der Waals surface area contributed by atoms with Crippen LogP contribution in [0.2, 0.25) is 0 Å². The lowest BCUT2D eigenvalue weighted by Crippen LogP contribution is -2.40. The predicted octanol–water partition coefficient (Wildman–Crippen LogP) is 4.44. The Hall–Kier alpha value is -2.89. The maximum Gasteiger partial charge on any atom is 0.272 e. The molecule has 0 bridgehead atoms. The summed E-state index contributed by atoms with van der Waals surface area (Å²) in [4.78, 5) is 15.3. The number of hydrogen-bond donors (Lipinski definition) is 1. The van der Waals surface area contributed by atoms with Crippen molar-refractivity contribution in [1.29, 1.82) is 0 Å². The van der Waals surface area contributed by atoms with Crippen molar-refractivity contribution in [2.75, 3.05) is 13.1 Å². The smallest absolute Gasteiger partial charge is 0.272 e. The second kappa shape index (κ2) is 8.23. The largest absolute Gasteiger partial charge is 0.337 e. The minimum atomic E-state index is 0.0803. The summed E-state index contributed by atoms with van der Waals surface area (Å²) in [6.07, 6.45) is 3.93. The number of aromatic amines is 1. The van der Waals surface area contributed by atoms with Crippen LogP contribution in [0, 0.1) is 0 Å². The topological polar surface area (TPSA) is 66.8 Å². The lowest BCUT2D eigenvalue weighted by atomic mass is 9.90. The van der Waals surface area contributed by atoms with E-state index < -0.39 is 0 Å². The van der Waals surface area contributed by atoms with E-state index in [0.29, 0.717) is 24.7 Å². The molecule has 152 valence electrons. The summed E-state index contributed by atoms with van der Waals surface area (Å²) in [5.41, 5.74) is 5.09. The summed E-state index contributed by atoms with van der Waals surface area (Å²) in [5, 5.41) is 12.1. The predicted molar refractivity (Wildman–Crippen MR) is 114 cm³/mol. The van der Waals surface area contributed by atoms with Crippen LogP contribution in [-0.2, 0) is 6.54 Å². The van der Waals surface area contributed by atoms with Crippen molar-refractivity contribution in [2.45, 2.75) is 52.0 Å². The van der Waals surface area contributed by atoms with Gasteiger partial charge in [-0.25, -0.2) is 0 Å². The van der Waals surface area contributed by atoms with Gasteiger partial charge < -0.3 is 4.90 Å². The Morgan fingerprint density at radius 2 is 2.07 bits per heavy atom. The van der Waals surface area contributed by atoms with Gasteiger partial charge in [-0.3, -0.25) is 14.6 Å². The van der Waals surface area contributed by atoms with Gasteiger partial charge in [-0.1, -0.05) is 44.2 Å². The van der Waals surface area contributed by atoms with Crippen molar-refractivity contribution in [3.63, 3.8) is 0 Å². The number of carbonyl (C=O) groups is 1. The molecule has 6 heteroatoms. The number of nitrogens with zero attached hydrogens (tertiary/aromatic N) is 4. The van der Waals surface area contributed by atoms with Crippen LogP contribution in [0.5, 0.6) is 0 Å². The molecule has 1 fully saturated rings. The molecule has 1 aliphatic rings. The van der Waals surface area contributed by atoms with Gasteiger partial charge in [0.15, 0.2) is 0 Å². The molecule has 1 aliphatic heterocycles. The Morgan fingerprint density at radius 1 is 1.28 bits per heavy atom. The second-order valence-corrected chi connectivity index (χ2v) is 8.08. The van der Waals surface area contributed by atoms with Gasteiger partial charge in [-0.15, -0.1) is 0 Å².